The summed E-state index contributed by atoms with van der Waals surface area (Å²) in [5.41, 5.74) is 8.00. The van der Waals surface area contributed by atoms with E-state index >= 15 is 0 Å². The fourth-order valence-corrected chi connectivity index (χ4v) is 5.26. The van der Waals surface area contributed by atoms with E-state index in [-0.39, 0.29) is 17.6 Å². The monoisotopic (exact) mass is 390 g/mol. The summed E-state index contributed by atoms with van der Waals surface area (Å²) in [4.78, 5) is 35.0. The van der Waals surface area contributed by atoms with Gasteiger partial charge in [0.25, 0.3) is 0 Å². The standard InChI is InChI=1S/C20H30N4O2S/c1-13-16(14(2)23-20(22-13)27-12-18(21)25)9-10-19(26)24-11-5-7-15-6-3-4-8-17(15)24/h15,17H,3-12H2,1-2H3,(H2,21,25)/t15-,17+/m0/s1. The number of amides is 2. The van der Waals surface area contributed by atoms with Gasteiger partial charge in [-0.1, -0.05) is 24.6 Å². The molecule has 0 spiro atoms. The Balaban J connectivity index is 1.62. The van der Waals surface area contributed by atoms with Crippen molar-refractivity contribution in [3.8, 4) is 0 Å². The number of likely N-dealkylation sites (tertiary alicyclic amines) is 1. The van der Waals surface area contributed by atoms with E-state index in [0.717, 1.165) is 29.9 Å². The molecular formula is C20H30N4O2S. The van der Waals surface area contributed by atoms with E-state index in [1.54, 1.807) is 0 Å². The van der Waals surface area contributed by atoms with E-state index in [9.17, 15) is 9.59 Å². The van der Waals surface area contributed by atoms with Gasteiger partial charge in [0, 0.05) is 30.4 Å². The molecule has 27 heavy (non-hydrogen) atoms. The summed E-state index contributed by atoms with van der Waals surface area (Å²) in [5.74, 6) is 0.785. The average Bonchev–Trinajstić information content (AvgIpc) is 2.65. The molecule has 1 aliphatic carbocycles. The van der Waals surface area contributed by atoms with Crippen LogP contribution in [0.3, 0.4) is 0 Å². The van der Waals surface area contributed by atoms with Gasteiger partial charge in [-0.05, 0) is 57.4 Å². The summed E-state index contributed by atoms with van der Waals surface area (Å²) >= 11 is 1.25. The number of rotatable bonds is 6. The fourth-order valence-electron chi connectivity index (χ4n) is 4.58. The number of carbonyl (C=O) groups is 2. The second kappa shape index (κ2) is 9.04. The maximum atomic E-state index is 12.9. The number of nitrogens with two attached hydrogens (primary N) is 1. The molecule has 1 aromatic rings. The second-order valence-corrected chi connectivity index (χ2v) is 8.69. The van der Waals surface area contributed by atoms with E-state index in [0.29, 0.717) is 30.0 Å². The molecule has 148 valence electrons. The van der Waals surface area contributed by atoms with Gasteiger partial charge in [-0.15, -0.1) is 0 Å². The van der Waals surface area contributed by atoms with Crippen LogP contribution in [0, 0.1) is 19.8 Å². The maximum absolute atomic E-state index is 12.9. The van der Waals surface area contributed by atoms with Gasteiger partial charge in [0.15, 0.2) is 5.16 Å². The Kier molecular flexibility index (Phi) is 6.73. The van der Waals surface area contributed by atoms with Crippen molar-refractivity contribution in [3.05, 3.63) is 17.0 Å². The molecule has 6 nitrogen and oxygen atoms in total. The number of nitrogens with zero attached hydrogens (tertiary/aromatic N) is 3. The molecule has 2 fully saturated rings. The average molecular weight is 391 g/mol. The molecule has 2 amide bonds. The van der Waals surface area contributed by atoms with Crippen LogP contribution in [0.25, 0.3) is 0 Å². The number of aryl methyl sites for hydroxylation is 2. The van der Waals surface area contributed by atoms with Crippen molar-refractivity contribution in [1.82, 2.24) is 14.9 Å². The summed E-state index contributed by atoms with van der Waals surface area (Å²) in [7, 11) is 0. The molecule has 1 aliphatic heterocycles. The van der Waals surface area contributed by atoms with E-state index in [4.69, 9.17) is 5.73 Å². The number of hydrogen-bond donors (Lipinski definition) is 1. The minimum absolute atomic E-state index is 0.175. The largest absolute Gasteiger partial charge is 0.369 e. The smallest absolute Gasteiger partial charge is 0.227 e. The van der Waals surface area contributed by atoms with Gasteiger partial charge in [0.05, 0.1) is 5.75 Å². The molecule has 1 aromatic heterocycles. The normalized spacial score (nSPS) is 22.4. The topological polar surface area (TPSA) is 89.2 Å². The van der Waals surface area contributed by atoms with Crippen LogP contribution >= 0.6 is 11.8 Å². The molecule has 1 saturated heterocycles. The van der Waals surface area contributed by atoms with Gasteiger partial charge < -0.3 is 10.6 Å². The van der Waals surface area contributed by atoms with E-state index in [1.165, 1.54) is 43.9 Å². The summed E-state index contributed by atoms with van der Waals surface area (Å²) < 4.78 is 0. The molecule has 2 heterocycles. The zero-order chi connectivity index (χ0) is 19.4. The first kappa shape index (κ1) is 20.1. The summed E-state index contributed by atoms with van der Waals surface area (Å²) in [6.45, 7) is 4.80. The summed E-state index contributed by atoms with van der Waals surface area (Å²) in [5, 5.41) is 0.569. The summed E-state index contributed by atoms with van der Waals surface area (Å²) in [6.07, 6.45) is 8.63. The number of primary amides is 1. The SMILES string of the molecule is Cc1nc(SCC(N)=O)nc(C)c1CCC(=O)N1CCC[C@@H]2CCCC[C@H]21. The van der Waals surface area contributed by atoms with Gasteiger partial charge in [-0.2, -0.15) is 0 Å². The molecule has 3 rings (SSSR count). The van der Waals surface area contributed by atoms with Crippen LogP contribution in [0.2, 0.25) is 0 Å². The molecule has 1 saturated carbocycles. The number of thioether (sulfide) groups is 1. The predicted molar refractivity (Wildman–Crippen MR) is 106 cm³/mol. The zero-order valence-corrected chi connectivity index (χ0v) is 17.2. The van der Waals surface area contributed by atoms with Crippen LogP contribution in [0.5, 0.6) is 0 Å². The first-order valence-corrected chi connectivity index (χ1v) is 11.0. The zero-order valence-electron chi connectivity index (χ0n) is 16.4. The number of hydrogen-bond acceptors (Lipinski definition) is 5. The van der Waals surface area contributed by atoms with Crippen LogP contribution in [0.4, 0.5) is 0 Å². The number of fused-ring (bicyclic) bond motifs is 1. The molecule has 0 unspecified atom stereocenters. The van der Waals surface area contributed by atoms with Gasteiger partial charge in [-0.3, -0.25) is 9.59 Å². The van der Waals surface area contributed by atoms with E-state index in [1.807, 2.05) is 13.8 Å². The van der Waals surface area contributed by atoms with Crippen molar-refractivity contribution >= 4 is 23.6 Å². The number of aromatic nitrogens is 2. The lowest BCUT2D eigenvalue weighted by Crippen LogP contribution is -2.49. The lowest BCUT2D eigenvalue weighted by Gasteiger charge is -2.44. The highest BCUT2D eigenvalue weighted by Crippen LogP contribution is 2.35. The fraction of sp³-hybridized carbons (Fsp3) is 0.700. The first-order valence-electron chi connectivity index (χ1n) is 10.0. The second-order valence-electron chi connectivity index (χ2n) is 7.75. The highest BCUT2D eigenvalue weighted by Gasteiger charge is 2.35. The Morgan fingerprint density at radius 3 is 2.48 bits per heavy atom. The van der Waals surface area contributed by atoms with Gasteiger partial charge in [0.1, 0.15) is 0 Å². The molecule has 2 aliphatic rings. The number of piperidine rings is 1. The van der Waals surface area contributed by atoms with Crippen LogP contribution in [0.1, 0.15) is 61.9 Å². The highest BCUT2D eigenvalue weighted by molar-refractivity contribution is 7.99. The van der Waals surface area contributed by atoms with E-state index < -0.39 is 0 Å². The summed E-state index contributed by atoms with van der Waals surface area (Å²) in [6, 6.07) is 0.464. The molecular weight excluding hydrogens is 360 g/mol. The Morgan fingerprint density at radius 1 is 1.11 bits per heavy atom. The molecule has 2 N–H and O–H groups in total. The van der Waals surface area contributed by atoms with Crippen LogP contribution in [-0.4, -0.2) is 45.0 Å². The molecule has 7 heteroatoms. The maximum Gasteiger partial charge on any atom is 0.227 e. The van der Waals surface area contributed by atoms with Crippen molar-refractivity contribution in [2.45, 2.75) is 76.4 Å². The molecule has 2 atom stereocenters. The minimum atomic E-state index is -0.379. The van der Waals surface area contributed by atoms with Crippen LogP contribution in [-0.2, 0) is 16.0 Å². The Labute approximate surface area is 165 Å². The van der Waals surface area contributed by atoms with Crippen molar-refractivity contribution in [2.24, 2.45) is 11.7 Å². The van der Waals surface area contributed by atoms with E-state index in [2.05, 4.69) is 14.9 Å². The van der Waals surface area contributed by atoms with Gasteiger partial charge in [-0.25, -0.2) is 9.97 Å². The van der Waals surface area contributed by atoms with Crippen molar-refractivity contribution in [3.63, 3.8) is 0 Å². The highest BCUT2D eigenvalue weighted by atomic mass is 32.2. The van der Waals surface area contributed by atoms with Crippen LogP contribution in [0.15, 0.2) is 5.16 Å². The lowest BCUT2D eigenvalue weighted by atomic mass is 9.78. The molecule has 0 aromatic carbocycles. The Hall–Kier alpha value is -1.63. The Bertz CT molecular complexity index is 684. The minimum Gasteiger partial charge on any atom is -0.369 e. The first-order chi connectivity index (χ1) is 13.0. The predicted octanol–water partition coefficient (Wildman–Crippen LogP) is 2.78. The Morgan fingerprint density at radius 2 is 1.78 bits per heavy atom. The van der Waals surface area contributed by atoms with Crippen LogP contribution < -0.4 is 5.73 Å². The quantitative estimate of drug-likeness (QED) is 0.596. The van der Waals surface area contributed by atoms with Crippen molar-refractivity contribution in [2.75, 3.05) is 12.3 Å². The third-order valence-electron chi connectivity index (χ3n) is 5.90. The lowest BCUT2D eigenvalue weighted by molar-refractivity contribution is -0.137. The van der Waals surface area contributed by atoms with Gasteiger partial charge in [0.2, 0.25) is 11.8 Å². The molecule has 0 radical (unpaired) electrons. The third-order valence-corrected chi connectivity index (χ3v) is 6.77. The van der Waals surface area contributed by atoms with Gasteiger partial charge >= 0.3 is 0 Å². The third kappa shape index (κ3) is 5.00. The van der Waals surface area contributed by atoms with Crippen molar-refractivity contribution in [1.29, 1.82) is 0 Å². The number of carbonyl (C=O) groups excluding carboxylic acids is 2. The molecule has 0 bridgehead atoms. The van der Waals surface area contributed by atoms with Crippen molar-refractivity contribution < 1.29 is 9.59 Å².